The zero-order valence-electron chi connectivity index (χ0n) is 20.8. The van der Waals surface area contributed by atoms with Crippen LogP contribution >= 0.6 is 0 Å². The fraction of sp³-hybridized carbons (Fsp3) is 0.321. The van der Waals surface area contributed by atoms with Crippen molar-refractivity contribution in [1.29, 1.82) is 0 Å². The van der Waals surface area contributed by atoms with Crippen LogP contribution in [-0.4, -0.2) is 32.7 Å². The van der Waals surface area contributed by atoms with Crippen molar-refractivity contribution < 1.29 is 22.7 Å². The second-order valence-corrected chi connectivity index (χ2v) is 10.9. The van der Waals surface area contributed by atoms with Crippen molar-refractivity contribution in [3.8, 4) is 17.2 Å². The van der Waals surface area contributed by atoms with Gasteiger partial charge >= 0.3 is 0 Å². The number of fused-ring (bicyclic) bond motifs is 1. The number of hydrogen-bond donors (Lipinski definition) is 1. The van der Waals surface area contributed by atoms with Gasteiger partial charge in [-0.15, -0.1) is 0 Å². The van der Waals surface area contributed by atoms with Crippen LogP contribution < -0.4 is 19.1 Å². The molecular weight excluding hydrogens is 476 g/mol. The molecule has 1 amide bonds. The van der Waals surface area contributed by atoms with E-state index in [1.807, 2.05) is 54.6 Å². The molecule has 0 unspecified atom stereocenters. The molecule has 0 bridgehead atoms. The van der Waals surface area contributed by atoms with Crippen molar-refractivity contribution >= 4 is 21.6 Å². The first-order valence-electron chi connectivity index (χ1n) is 12.1. The SMILES string of the molecule is CCC1(CC)C[C@@H](NC(=O)CN(c2ccc(Oc3ccccc3)cc2)S(C)(=O)=O)c2ccccc2O1. The molecule has 0 aliphatic carbocycles. The van der Waals surface area contributed by atoms with Crippen LogP contribution in [0.3, 0.4) is 0 Å². The average molecular weight is 509 g/mol. The Morgan fingerprint density at radius 2 is 1.58 bits per heavy atom. The number of sulfonamides is 1. The van der Waals surface area contributed by atoms with E-state index in [0.717, 1.165) is 34.7 Å². The normalized spacial score (nSPS) is 16.4. The predicted octanol–water partition coefficient (Wildman–Crippen LogP) is 5.44. The minimum Gasteiger partial charge on any atom is -0.487 e. The van der Waals surface area contributed by atoms with Crippen molar-refractivity contribution in [2.24, 2.45) is 0 Å². The summed E-state index contributed by atoms with van der Waals surface area (Å²) in [6.07, 6.45) is 3.32. The second kappa shape index (κ2) is 10.6. The highest BCUT2D eigenvalue weighted by Gasteiger charge is 2.39. The van der Waals surface area contributed by atoms with Crippen LogP contribution in [-0.2, 0) is 14.8 Å². The molecule has 190 valence electrons. The van der Waals surface area contributed by atoms with E-state index in [4.69, 9.17) is 9.47 Å². The molecule has 1 aliphatic rings. The standard InChI is InChI=1S/C28H32N2O5S/c1-4-28(5-2)19-25(24-13-9-10-14-26(24)35-28)29-27(31)20-30(36(3,32)33)21-15-17-23(18-16-21)34-22-11-7-6-8-12-22/h6-18,25H,4-5,19-20H2,1-3H3,(H,29,31)/t25-/m1/s1. The number of nitrogens with one attached hydrogen (secondary N) is 1. The molecule has 1 heterocycles. The van der Waals surface area contributed by atoms with Crippen LogP contribution in [0.4, 0.5) is 5.69 Å². The van der Waals surface area contributed by atoms with E-state index >= 15 is 0 Å². The Labute approximate surface area is 213 Å². The lowest BCUT2D eigenvalue weighted by Gasteiger charge is -2.41. The summed E-state index contributed by atoms with van der Waals surface area (Å²) in [5, 5.41) is 3.07. The lowest BCUT2D eigenvalue weighted by Crippen LogP contribution is -2.47. The number of hydrogen-bond acceptors (Lipinski definition) is 5. The van der Waals surface area contributed by atoms with E-state index in [-0.39, 0.29) is 24.1 Å². The highest BCUT2D eigenvalue weighted by Crippen LogP contribution is 2.42. The van der Waals surface area contributed by atoms with E-state index in [1.54, 1.807) is 24.3 Å². The molecule has 1 aliphatic heterocycles. The quantitative estimate of drug-likeness (QED) is 0.416. The molecule has 0 aromatic heterocycles. The Morgan fingerprint density at radius 3 is 2.22 bits per heavy atom. The van der Waals surface area contributed by atoms with Gasteiger partial charge in [0.05, 0.1) is 18.0 Å². The number of rotatable bonds is 9. The molecule has 36 heavy (non-hydrogen) atoms. The van der Waals surface area contributed by atoms with Crippen LogP contribution in [0.5, 0.6) is 17.2 Å². The molecule has 3 aromatic rings. The number of amides is 1. The first-order chi connectivity index (χ1) is 17.2. The van der Waals surface area contributed by atoms with Crippen LogP contribution in [0.15, 0.2) is 78.9 Å². The predicted molar refractivity (Wildman–Crippen MR) is 141 cm³/mol. The van der Waals surface area contributed by atoms with Gasteiger partial charge in [-0.2, -0.15) is 0 Å². The molecule has 0 fully saturated rings. The van der Waals surface area contributed by atoms with E-state index in [0.29, 0.717) is 23.6 Å². The third kappa shape index (κ3) is 5.82. The van der Waals surface area contributed by atoms with Gasteiger partial charge in [0.15, 0.2) is 0 Å². The van der Waals surface area contributed by atoms with Crippen LogP contribution in [0.25, 0.3) is 0 Å². The molecule has 0 spiro atoms. The molecule has 0 radical (unpaired) electrons. The average Bonchev–Trinajstić information content (AvgIpc) is 2.88. The fourth-order valence-corrected chi connectivity index (χ4v) is 5.36. The van der Waals surface area contributed by atoms with E-state index in [2.05, 4.69) is 19.2 Å². The van der Waals surface area contributed by atoms with Gasteiger partial charge in [-0.25, -0.2) is 8.42 Å². The maximum absolute atomic E-state index is 13.2. The summed E-state index contributed by atoms with van der Waals surface area (Å²) in [6.45, 7) is 3.82. The minimum atomic E-state index is -3.71. The van der Waals surface area contributed by atoms with Crippen LogP contribution in [0.1, 0.15) is 44.7 Å². The molecule has 1 atom stereocenters. The Hall–Kier alpha value is -3.52. The summed E-state index contributed by atoms with van der Waals surface area (Å²) in [6, 6.07) is 23.3. The molecule has 7 nitrogen and oxygen atoms in total. The Kier molecular flexibility index (Phi) is 7.54. The number of ether oxygens (including phenoxy) is 2. The summed E-state index contributed by atoms with van der Waals surface area (Å²) in [5.74, 6) is 1.62. The zero-order chi connectivity index (χ0) is 25.8. The number of para-hydroxylation sites is 2. The van der Waals surface area contributed by atoms with Gasteiger partial charge < -0.3 is 14.8 Å². The van der Waals surface area contributed by atoms with Crippen molar-refractivity contribution in [2.75, 3.05) is 17.1 Å². The number of carbonyl (C=O) groups is 1. The van der Waals surface area contributed by atoms with Gasteiger partial charge in [0.1, 0.15) is 29.4 Å². The number of carbonyl (C=O) groups excluding carboxylic acids is 1. The van der Waals surface area contributed by atoms with Gasteiger partial charge in [0, 0.05) is 12.0 Å². The third-order valence-corrected chi connectivity index (χ3v) is 7.75. The molecule has 0 saturated carbocycles. The maximum Gasteiger partial charge on any atom is 0.241 e. The van der Waals surface area contributed by atoms with Gasteiger partial charge in [0.2, 0.25) is 15.9 Å². The first-order valence-corrected chi connectivity index (χ1v) is 14.0. The molecule has 0 saturated heterocycles. The lowest BCUT2D eigenvalue weighted by atomic mass is 9.83. The van der Waals surface area contributed by atoms with Gasteiger partial charge in [0.25, 0.3) is 0 Å². The Balaban J connectivity index is 1.51. The monoisotopic (exact) mass is 508 g/mol. The summed E-state index contributed by atoms with van der Waals surface area (Å²) >= 11 is 0. The van der Waals surface area contributed by atoms with Crippen molar-refractivity contribution in [2.45, 2.75) is 44.8 Å². The molecule has 8 heteroatoms. The second-order valence-electron chi connectivity index (χ2n) is 9.03. The van der Waals surface area contributed by atoms with E-state index < -0.39 is 10.0 Å². The number of anilines is 1. The largest absolute Gasteiger partial charge is 0.487 e. The van der Waals surface area contributed by atoms with Crippen molar-refractivity contribution in [3.63, 3.8) is 0 Å². The highest BCUT2D eigenvalue weighted by atomic mass is 32.2. The van der Waals surface area contributed by atoms with Crippen molar-refractivity contribution in [1.82, 2.24) is 5.32 Å². The highest BCUT2D eigenvalue weighted by molar-refractivity contribution is 7.92. The summed E-state index contributed by atoms with van der Waals surface area (Å²) in [4.78, 5) is 13.2. The molecule has 1 N–H and O–H groups in total. The molecule has 3 aromatic carbocycles. The number of benzene rings is 3. The third-order valence-electron chi connectivity index (χ3n) is 6.61. The van der Waals surface area contributed by atoms with Crippen molar-refractivity contribution in [3.05, 3.63) is 84.4 Å². The number of nitrogens with zero attached hydrogens (tertiary/aromatic N) is 1. The van der Waals surface area contributed by atoms with Gasteiger partial charge in [-0.3, -0.25) is 9.10 Å². The Morgan fingerprint density at radius 1 is 0.972 bits per heavy atom. The molecule has 4 rings (SSSR count). The van der Waals surface area contributed by atoms with Crippen LogP contribution in [0, 0.1) is 0 Å². The van der Waals surface area contributed by atoms with E-state index in [9.17, 15) is 13.2 Å². The minimum absolute atomic E-state index is 0.273. The summed E-state index contributed by atoms with van der Waals surface area (Å²) in [5.41, 5.74) is 0.908. The van der Waals surface area contributed by atoms with Gasteiger partial charge in [-0.05, 0) is 55.3 Å². The topological polar surface area (TPSA) is 84.9 Å². The van der Waals surface area contributed by atoms with E-state index in [1.165, 1.54) is 0 Å². The summed E-state index contributed by atoms with van der Waals surface area (Å²) < 4.78 is 38.5. The maximum atomic E-state index is 13.2. The summed E-state index contributed by atoms with van der Waals surface area (Å²) in [7, 11) is -3.71. The molecular formula is C28H32N2O5S. The van der Waals surface area contributed by atoms with Crippen LogP contribution in [0.2, 0.25) is 0 Å². The van der Waals surface area contributed by atoms with Gasteiger partial charge in [-0.1, -0.05) is 50.2 Å². The lowest BCUT2D eigenvalue weighted by molar-refractivity contribution is -0.121. The zero-order valence-corrected chi connectivity index (χ0v) is 21.6. The first kappa shape index (κ1) is 25.6. The fourth-order valence-electron chi connectivity index (χ4n) is 4.51. The smallest absolute Gasteiger partial charge is 0.241 e. The Bertz CT molecular complexity index is 1290.